The summed E-state index contributed by atoms with van der Waals surface area (Å²) in [6.45, 7) is 4.71. The molecular weight excluding hydrogens is 201 g/mol. The van der Waals surface area contributed by atoms with Gasteiger partial charge in [-0.15, -0.1) is 0 Å². The molecule has 0 aromatic carbocycles. The van der Waals surface area contributed by atoms with Crippen LogP contribution in [0.15, 0.2) is 4.99 Å². The van der Waals surface area contributed by atoms with Gasteiger partial charge in [0.1, 0.15) is 0 Å². The molecule has 0 saturated carbocycles. The van der Waals surface area contributed by atoms with Crippen LogP contribution in [0.1, 0.15) is 52.4 Å². The first-order chi connectivity index (χ1) is 6.72. The molecule has 15 heavy (non-hydrogen) atoms. The van der Waals surface area contributed by atoms with E-state index in [0.29, 0.717) is 13.0 Å². The summed E-state index contributed by atoms with van der Waals surface area (Å²) >= 11 is 0. The van der Waals surface area contributed by atoms with Crippen LogP contribution in [-0.4, -0.2) is 18.2 Å². The SMILES string of the molecule is CCCCCCN=C(CCC)C(=O)[O-].[Na+]. The second-order valence-corrected chi connectivity index (χ2v) is 3.43. The van der Waals surface area contributed by atoms with Crippen molar-refractivity contribution in [2.45, 2.75) is 52.4 Å². The van der Waals surface area contributed by atoms with Crippen LogP contribution in [0.3, 0.4) is 0 Å². The van der Waals surface area contributed by atoms with E-state index in [0.717, 1.165) is 19.3 Å². The second-order valence-electron chi connectivity index (χ2n) is 3.43. The first kappa shape index (κ1) is 17.5. The summed E-state index contributed by atoms with van der Waals surface area (Å²) in [5.41, 5.74) is 0.226. The molecule has 0 atom stereocenters. The number of hydrogen-bond donors (Lipinski definition) is 0. The Morgan fingerprint density at radius 1 is 1.13 bits per heavy atom. The molecule has 0 aromatic rings. The van der Waals surface area contributed by atoms with E-state index in [1.165, 1.54) is 12.8 Å². The van der Waals surface area contributed by atoms with Crippen LogP contribution in [0.4, 0.5) is 0 Å². The van der Waals surface area contributed by atoms with Crippen LogP contribution in [0.2, 0.25) is 0 Å². The summed E-state index contributed by atoms with van der Waals surface area (Å²) in [6.07, 6.45) is 5.83. The number of aliphatic carboxylic acids is 1. The van der Waals surface area contributed by atoms with Crippen molar-refractivity contribution < 1.29 is 39.5 Å². The van der Waals surface area contributed by atoms with Gasteiger partial charge in [-0.2, -0.15) is 0 Å². The minimum Gasteiger partial charge on any atom is -0.544 e. The van der Waals surface area contributed by atoms with E-state index in [1.54, 1.807) is 0 Å². The maximum Gasteiger partial charge on any atom is 1.00 e. The van der Waals surface area contributed by atoms with Gasteiger partial charge in [0.2, 0.25) is 0 Å². The number of carbonyl (C=O) groups is 1. The maximum absolute atomic E-state index is 10.6. The number of nitrogens with zero attached hydrogens (tertiary/aromatic N) is 1. The zero-order valence-electron chi connectivity index (χ0n) is 10.2. The summed E-state index contributed by atoms with van der Waals surface area (Å²) in [6, 6.07) is 0. The molecule has 0 radical (unpaired) electrons. The third kappa shape index (κ3) is 10.4. The summed E-state index contributed by atoms with van der Waals surface area (Å²) < 4.78 is 0. The first-order valence-corrected chi connectivity index (χ1v) is 5.47. The van der Waals surface area contributed by atoms with Gasteiger partial charge in [-0.1, -0.05) is 39.5 Å². The smallest absolute Gasteiger partial charge is 0.544 e. The minimum atomic E-state index is -1.11. The number of carboxylic acids is 1. The molecule has 0 spiro atoms. The Morgan fingerprint density at radius 3 is 2.27 bits per heavy atom. The molecule has 0 aromatic heterocycles. The molecule has 0 heterocycles. The van der Waals surface area contributed by atoms with Gasteiger partial charge in [0.05, 0.1) is 11.7 Å². The van der Waals surface area contributed by atoms with E-state index in [-0.39, 0.29) is 35.3 Å². The van der Waals surface area contributed by atoms with Crippen molar-refractivity contribution in [1.29, 1.82) is 0 Å². The van der Waals surface area contributed by atoms with Gasteiger partial charge in [0.25, 0.3) is 0 Å². The molecule has 0 bridgehead atoms. The largest absolute Gasteiger partial charge is 1.00 e. The number of hydrogen-bond acceptors (Lipinski definition) is 3. The Bertz CT molecular complexity index is 193. The Balaban J connectivity index is 0. The van der Waals surface area contributed by atoms with Crippen molar-refractivity contribution in [3.8, 4) is 0 Å². The summed E-state index contributed by atoms with van der Waals surface area (Å²) in [5, 5.41) is 10.6. The van der Waals surface area contributed by atoms with Crippen molar-refractivity contribution in [1.82, 2.24) is 0 Å². The molecule has 3 nitrogen and oxygen atoms in total. The third-order valence-corrected chi connectivity index (χ3v) is 2.04. The summed E-state index contributed by atoms with van der Waals surface area (Å²) in [5.74, 6) is -1.11. The zero-order valence-corrected chi connectivity index (χ0v) is 12.2. The molecule has 82 valence electrons. The third-order valence-electron chi connectivity index (χ3n) is 2.04. The van der Waals surface area contributed by atoms with Gasteiger partial charge in [-0.05, 0) is 12.8 Å². The number of aliphatic imine (C=N–C) groups is 1. The van der Waals surface area contributed by atoms with Crippen LogP contribution in [0.5, 0.6) is 0 Å². The first-order valence-electron chi connectivity index (χ1n) is 5.47. The van der Waals surface area contributed by atoms with E-state index in [9.17, 15) is 9.90 Å². The maximum atomic E-state index is 10.6. The molecule has 0 saturated heterocycles. The molecule has 0 unspecified atom stereocenters. The van der Waals surface area contributed by atoms with Crippen molar-refractivity contribution in [2.75, 3.05) is 6.54 Å². The Hall–Kier alpha value is 0.140. The average Bonchev–Trinajstić information content (AvgIpc) is 2.15. The van der Waals surface area contributed by atoms with Gasteiger partial charge in [-0.25, -0.2) is 0 Å². The van der Waals surface area contributed by atoms with Gasteiger partial charge in [0.15, 0.2) is 0 Å². The Labute approximate surface area is 115 Å². The number of carboxylic acid groups (broad SMARTS) is 1. The molecule has 0 amide bonds. The fourth-order valence-electron chi connectivity index (χ4n) is 1.24. The molecule has 0 aliphatic carbocycles. The Kier molecular flexibility index (Phi) is 14.3. The average molecular weight is 221 g/mol. The van der Waals surface area contributed by atoms with Gasteiger partial charge in [-0.3, -0.25) is 4.99 Å². The van der Waals surface area contributed by atoms with Crippen LogP contribution >= 0.6 is 0 Å². The van der Waals surface area contributed by atoms with Crippen LogP contribution in [0.25, 0.3) is 0 Å². The zero-order chi connectivity index (χ0) is 10.8. The number of carbonyl (C=O) groups excluding carboxylic acids is 1. The standard InChI is InChI=1S/C11H21NO2.Na/c1-3-5-6-7-9-12-10(8-4-2)11(13)14;/h3-9H2,1-2H3,(H,13,14);/q;+1/p-1. The summed E-state index contributed by atoms with van der Waals surface area (Å²) in [7, 11) is 0. The Morgan fingerprint density at radius 2 is 1.80 bits per heavy atom. The van der Waals surface area contributed by atoms with Crippen molar-refractivity contribution >= 4 is 11.7 Å². The second kappa shape index (κ2) is 12.2. The molecule has 0 aliphatic heterocycles. The molecular formula is C11H20NNaO2. The summed E-state index contributed by atoms with van der Waals surface area (Å²) in [4.78, 5) is 14.6. The van der Waals surface area contributed by atoms with E-state index in [2.05, 4.69) is 11.9 Å². The monoisotopic (exact) mass is 221 g/mol. The van der Waals surface area contributed by atoms with Crippen LogP contribution < -0.4 is 34.7 Å². The van der Waals surface area contributed by atoms with Crippen LogP contribution in [-0.2, 0) is 4.79 Å². The van der Waals surface area contributed by atoms with Crippen molar-refractivity contribution in [2.24, 2.45) is 4.99 Å². The fraction of sp³-hybridized carbons (Fsp3) is 0.818. The van der Waals surface area contributed by atoms with Crippen molar-refractivity contribution in [3.63, 3.8) is 0 Å². The topological polar surface area (TPSA) is 52.5 Å². The van der Waals surface area contributed by atoms with Gasteiger partial charge in [0, 0.05) is 6.54 Å². The molecule has 0 fully saturated rings. The predicted octanol–water partition coefficient (Wildman–Crippen LogP) is -1.44. The quantitative estimate of drug-likeness (QED) is 0.286. The minimum absolute atomic E-state index is 0. The van der Waals surface area contributed by atoms with E-state index < -0.39 is 5.97 Å². The molecule has 0 rings (SSSR count). The normalized spacial score (nSPS) is 10.9. The van der Waals surface area contributed by atoms with E-state index in [1.807, 2.05) is 6.92 Å². The molecule has 4 heteroatoms. The number of unbranched alkanes of at least 4 members (excludes halogenated alkanes) is 3. The number of rotatable bonds is 8. The molecule has 0 N–H and O–H groups in total. The predicted molar refractivity (Wildman–Crippen MR) is 56.4 cm³/mol. The van der Waals surface area contributed by atoms with E-state index >= 15 is 0 Å². The molecule has 0 aliphatic rings. The van der Waals surface area contributed by atoms with Crippen molar-refractivity contribution in [3.05, 3.63) is 0 Å². The van der Waals surface area contributed by atoms with Gasteiger partial charge < -0.3 is 9.90 Å². The van der Waals surface area contributed by atoms with Gasteiger partial charge >= 0.3 is 29.6 Å². The van der Waals surface area contributed by atoms with E-state index in [4.69, 9.17) is 0 Å². The fourth-order valence-corrected chi connectivity index (χ4v) is 1.24. The van der Waals surface area contributed by atoms with Crippen LogP contribution in [0, 0.1) is 0 Å².